The average Bonchev–Trinajstić information content (AvgIpc) is 2.86. The third-order valence-corrected chi connectivity index (χ3v) is 7.18. The monoisotopic (exact) mass is 561 g/mol. The van der Waals surface area contributed by atoms with E-state index in [-0.39, 0.29) is 37.7 Å². The summed E-state index contributed by atoms with van der Waals surface area (Å²) in [6.45, 7) is 10.3. The van der Waals surface area contributed by atoms with Gasteiger partial charge in [0, 0.05) is 25.0 Å². The fraction of sp³-hybridized carbons (Fsp3) is 0.517. The van der Waals surface area contributed by atoms with Crippen LogP contribution in [0.25, 0.3) is 0 Å². The molecule has 0 saturated carbocycles. The average molecular weight is 562 g/mol. The molecule has 0 spiro atoms. The number of carbonyl (C=O) groups is 2. The summed E-state index contributed by atoms with van der Waals surface area (Å²) >= 11 is 0. The van der Waals surface area contributed by atoms with Gasteiger partial charge in [-0.05, 0) is 82.5 Å². The van der Waals surface area contributed by atoms with Crippen molar-refractivity contribution in [1.82, 2.24) is 10.2 Å². The summed E-state index contributed by atoms with van der Waals surface area (Å²) in [6, 6.07) is 13.5. The Bertz CT molecular complexity index is 1170. The van der Waals surface area contributed by atoms with E-state index in [0.717, 1.165) is 11.8 Å². The third kappa shape index (κ3) is 10.1. The second kappa shape index (κ2) is 14.2. The van der Waals surface area contributed by atoms with Gasteiger partial charge in [-0.25, -0.2) is 8.42 Å². The van der Waals surface area contributed by atoms with Crippen LogP contribution in [0.3, 0.4) is 0 Å². The van der Waals surface area contributed by atoms with Crippen molar-refractivity contribution in [2.45, 2.75) is 72.0 Å². The molecule has 0 radical (unpaired) electrons. The van der Waals surface area contributed by atoms with Crippen LogP contribution in [0.5, 0.6) is 11.5 Å². The van der Waals surface area contributed by atoms with Gasteiger partial charge >= 0.3 is 0 Å². The Balaban J connectivity index is 2.23. The van der Waals surface area contributed by atoms with Crippen LogP contribution >= 0.6 is 0 Å². The molecule has 2 amide bonds. The number of anilines is 1. The smallest absolute Gasteiger partial charge is 0.243 e. The van der Waals surface area contributed by atoms with Crippen molar-refractivity contribution < 1.29 is 27.5 Å². The lowest BCUT2D eigenvalue weighted by atomic mass is 10.0. The largest absolute Gasteiger partial charge is 0.497 e. The molecule has 0 bridgehead atoms. The molecule has 1 unspecified atom stereocenters. The minimum Gasteiger partial charge on any atom is -0.497 e. The number of ether oxygens (including phenoxy) is 2. The van der Waals surface area contributed by atoms with E-state index in [2.05, 4.69) is 5.32 Å². The predicted molar refractivity (Wildman–Crippen MR) is 155 cm³/mol. The number of hydrogen-bond donors (Lipinski definition) is 1. The number of benzene rings is 2. The molecule has 0 aliphatic carbocycles. The fourth-order valence-corrected chi connectivity index (χ4v) is 5.14. The van der Waals surface area contributed by atoms with E-state index in [1.807, 2.05) is 58.9 Å². The Morgan fingerprint density at radius 2 is 1.56 bits per heavy atom. The third-order valence-electron chi connectivity index (χ3n) is 5.98. The maximum atomic E-state index is 13.6. The highest BCUT2D eigenvalue weighted by Gasteiger charge is 2.30. The van der Waals surface area contributed by atoms with Gasteiger partial charge in [0.15, 0.2) is 0 Å². The topological polar surface area (TPSA) is 105 Å². The molecule has 0 saturated heterocycles. The molecular formula is C29H43N3O6S. The van der Waals surface area contributed by atoms with E-state index in [1.54, 1.807) is 36.3 Å². The zero-order valence-electron chi connectivity index (χ0n) is 24.2. The molecule has 0 heterocycles. The highest BCUT2D eigenvalue weighted by molar-refractivity contribution is 7.92. The lowest BCUT2D eigenvalue weighted by Crippen LogP contribution is -2.53. The summed E-state index contributed by atoms with van der Waals surface area (Å²) in [5, 5.41) is 2.99. The number of carbonyl (C=O) groups excluding carboxylic acids is 2. The van der Waals surface area contributed by atoms with Crippen molar-refractivity contribution in [3.8, 4) is 11.5 Å². The lowest BCUT2D eigenvalue weighted by Gasteiger charge is -2.33. The minimum absolute atomic E-state index is 0.0818. The molecule has 2 rings (SSSR count). The van der Waals surface area contributed by atoms with Gasteiger partial charge < -0.3 is 19.7 Å². The number of hydrogen-bond acceptors (Lipinski definition) is 6. The Kier molecular flexibility index (Phi) is 11.6. The van der Waals surface area contributed by atoms with E-state index in [0.29, 0.717) is 30.2 Å². The van der Waals surface area contributed by atoms with Crippen molar-refractivity contribution in [3.05, 3.63) is 54.1 Å². The Labute approximate surface area is 233 Å². The van der Waals surface area contributed by atoms with Gasteiger partial charge in [-0.3, -0.25) is 13.9 Å². The van der Waals surface area contributed by atoms with Crippen LogP contribution in [0.2, 0.25) is 0 Å². The van der Waals surface area contributed by atoms with Gasteiger partial charge in [0.1, 0.15) is 17.5 Å². The van der Waals surface area contributed by atoms with E-state index in [1.165, 1.54) is 4.31 Å². The number of sulfonamides is 1. The van der Waals surface area contributed by atoms with E-state index in [4.69, 9.17) is 9.47 Å². The van der Waals surface area contributed by atoms with Gasteiger partial charge in [0.25, 0.3) is 0 Å². The molecular weight excluding hydrogens is 518 g/mol. The van der Waals surface area contributed by atoms with Crippen LogP contribution in [0.15, 0.2) is 48.5 Å². The summed E-state index contributed by atoms with van der Waals surface area (Å²) in [7, 11) is -1.99. The summed E-state index contributed by atoms with van der Waals surface area (Å²) in [6.07, 6.45) is 1.95. The van der Waals surface area contributed by atoms with Crippen molar-refractivity contribution in [3.63, 3.8) is 0 Å². The number of nitrogens with zero attached hydrogens (tertiary/aromatic N) is 2. The lowest BCUT2D eigenvalue weighted by molar-refractivity contribution is -0.142. The molecule has 2 aromatic rings. The molecule has 2 aromatic carbocycles. The first-order valence-electron chi connectivity index (χ1n) is 13.2. The van der Waals surface area contributed by atoms with Crippen LogP contribution in [-0.4, -0.2) is 63.2 Å². The van der Waals surface area contributed by atoms with Crippen molar-refractivity contribution in [1.29, 1.82) is 0 Å². The standard InChI is InChI=1S/C29H43N3O6S/c1-8-26(28(34)30-29(3,4)5)31(21-22-12-16-24(37-6)17-13-22)27(33)11-10-20-32(39(7,35)36)23-14-18-25(19-15-23)38-9-2/h12-19,26H,8-11,20-21H2,1-7H3,(H,30,34). The molecule has 1 N–H and O–H groups in total. The number of rotatable bonds is 14. The van der Waals surface area contributed by atoms with Gasteiger partial charge in [-0.1, -0.05) is 19.1 Å². The highest BCUT2D eigenvalue weighted by atomic mass is 32.2. The van der Waals surface area contributed by atoms with Crippen LogP contribution in [-0.2, 0) is 26.2 Å². The normalized spacial score (nSPS) is 12.4. The van der Waals surface area contributed by atoms with Crippen molar-refractivity contribution in [2.24, 2.45) is 0 Å². The summed E-state index contributed by atoms with van der Waals surface area (Å²) in [5.74, 6) is 0.906. The Morgan fingerprint density at radius 1 is 0.974 bits per heavy atom. The predicted octanol–water partition coefficient (Wildman–Crippen LogP) is 4.36. The molecule has 0 aromatic heterocycles. The molecule has 39 heavy (non-hydrogen) atoms. The highest BCUT2D eigenvalue weighted by Crippen LogP contribution is 2.23. The van der Waals surface area contributed by atoms with Gasteiger partial charge in [-0.2, -0.15) is 0 Å². The first kappa shape index (κ1) is 31.9. The van der Waals surface area contributed by atoms with E-state index in [9.17, 15) is 18.0 Å². The van der Waals surface area contributed by atoms with Crippen LogP contribution < -0.4 is 19.1 Å². The van der Waals surface area contributed by atoms with Gasteiger partial charge in [0.2, 0.25) is 21.8 Å². The Morgan fingerprint density at radius 3 is 2.05 bits per heavy atom. The zero-order valence-corrected chi connectivity index (χ0v) is 25.0. The summed E-state index contributed by atoms with van der Waals surface area (Å²) < 4.78 is 37.1. The number of methoxy groups -OCH3 is 1. The molecule has 10 heteroatoms. The summed E-state index contributed by atoms with van der Waals surface area (Å²) in [4.78, 5) is 28.3. The SMILES string of the molecule is CCOc1ccc(N(CCCC(=O)N(Cc2ccc(OC)cc2)C(CC)C(=O)NC(C)(C)C)S(C)(=O)=O)cc1. The second-order valence-corrected chi connectivity index (χ2v) is 12.3. The maximum absolute atomic E-state index is 13.6. The quantitative estimate of drug-likeness (QED) is 0.367. The van der Waals surface area contributed by atoms with Gasteiger partial charge in [0.05, 0.1) is 25.7 Å². The molecule has 9 nitrogen and oxygen atoms in total. The first-order chi connectivity index (χ1) is 18.3. The molecule has 216 valence electrons. The van der Waals surface area contributed by atoms with Crippen LogP contribution in [0, 0.1) is 0 Å². The van der Waals surface area contributed by atoms with Crippen molar-refractivity contribution >= 4 is 27.5 Å². The molecule has 1 atom stereocenters. The maximum Gasteiger partial charge on any atom is 0.243 e. The Hall–Kier alpha value is -3.27. The van der Waals surface area contributed by atoms with E-state index >= 15 is 0 Å². The van der Waals surface area contributed by atoms with Crippen LogP contribution in [0.4, 0.5) is 5.69 Å². The van der Waals surface area contributed by atoms with E-state index < -0.39 is 21.6 Å². The zero-order chi connectivity index (χ0) is 29.2. The number of amides is 2. The molecule has 0 aliphatic rings. The van der Waals surface area contributed by atoms with Crippen molar-refractivity contribution in [2.75, 3.05) is 30.8 Å². The number of nitrogens with one attached hydrogen (secondary N) is 1. The fourth-order valence-electron chi connectivity index (χ4n) is 4.18. The van der Waals surface area contributed by atoms with Gasteiger partial charge in [-0.15, -0.1) is 0 Å². The molecule has 0 aliphatic heterocycles. The molecule has 0 fully saturated rings. The second-order valence-electron chi connectivity index (χ2n) is 10.4. The minimum atomic E-state index is -3.58. The van der Waals surface area contributed by atoms with Crippen LogP contribution in [0.1, 0.15) is 59.4 Å². The first-order valence-corrected chi connectivity index (χ1v) is 15.1. The summed E-state index contributed by atoms with van der Waals surface area (Å²) in [5.41, 5.74) is 0.908.